The van der Waals surface area contributed by atoms with Crippen molar-refractivity contribution in [2.24, 2.45) is 0 Å². The minimum Gasteiger partial charge on any atom is -0.308 e. The SMILES string of the molecule is O=c1ccccn1C1CCCc2ccccc21. The van der Waals surface area contributed by atoms with Gasteiger partial charge in [-0.25, -0.2) is 0 Å². The number of nitrogens with zero attached hydrogens (tertiary/aromatic N) is 1. The molecule has 1 aliphatic carbocycles. The summed E-state index contributed by atoms with van der Waals surface area (Å²) in [6.45, 7) is 0. The van der Waals surface area contributed by atoms with Crippen LogP contribution in [0.1, 0.15) is 30.0 Å². The van der Waals surface area contributed by atoms with Crippen molar-refractivity contribution in [1.29, 1.82) is 0 Å². The molecule has 2 nitrogen and oxygen atoms in total. The maximum atomic E-state index is 11.9. The fourth-order valence-electron chi connectivity index (χ4n) is 2.71. The molecule has 2 aromatic rings. The van der Waals surface area contributed by atoms with E-state index in [0.29, 0.717) is 0 Å². The van der Waals surface area contributed by atoms with Crippen molar-refractivity contribution in [2.75, 3.05) is 0 Å². The van der Waals surface area contributed by atoms with Gasteiger partial charge in [0.2, 0.25) is 0 Å². The first-order valence-corrected chi connectivity index (χ1v) is 6.11. The third-order valence-corrected chi connectivity index (χ3v) is 3.52. The van der Waals surface area contributed by atoms with Gasteiger partial charge in [0.05, 0.1) is 6.04 Å². The number of pyridine rings is 1. The number of aryl methyl sites for hydroxylation is 1. The van der Waals surface area contributed by atoms with E-state index < -0.39 is 0 Å². The van der Waals surface area contributed by atoms with Crippen LogP contribution in [0.15, 0.2) is 53.5 Å². The average Bonchev–Trinajstić information content (AvgIpc) is 2.39. The van der Waals surface area contributed by atoms with Crippen LogP contribution in [0.4, 0.5) is 0 Å². The van der Waals surface area contributed by atoms with Gasteiger partial charge in [-0.1, -0.05) is 30.3 Å². The van der Waals surface area contributed by atoms with Crippen LogP contribution in [0.5, 0.6) is 0 Å². The molecule has 0 saturated carbocycles. The van der Waals surface area contributed by atoms with Crippen LogP contribution in [-0.4, -0.2) is 4.57 Å². The fraction of sp³-hybridized carbons (Fsp3) is 0.267. The molecular formula is C15H15NO. The van der Waals surface area contributed by atoms with Crippen LogP contribution in [0.3, 0.4) is 0 Å². The van der Waals surface area contributed by atoms with Crippen molar-refractivity contribution in [1.82, 2.24) is 4.57 Å². The van der Waals surface area contributed by atoms with Gasteiger partial charge in [0.1, 0.15) is 0 Å². The smallest absolute Gasteiger partial charge is 0.251 e. The highest BCUT2D eigenvalue weighted by Gasteiger charge is 2.21. The Morgan fingerprint density at radius 3 is 2.76 bits per heavy atom. The minimum atomic E-state index is 0.0919. The van der Waals surface area contributed by atoms with E-state index in [9.17, 15) is 4.79 Å². The summed E-state index contributed by atoms with van der Waals surface area (Å²) in [6.07, 6.45) is 5.24. The van der Waals surface area contributed by atoms with Gasteiger partial charge in [0, 0.05) is 12.3 Å². The Kier molecular flexibility index (Phi) is 2.56. The summed E-state index contributed by atoms with van der Waals surface area (Å²) in [7, 11) is 0. The lowest BCUT2D eigenvalue weighted by atomic mass is 9.87. The van der Waals surface area contributed by atoms with Gasteiger partial charge in [0.15, 0.2) is 0 Å². The summed E-state index contributed by atoms with van der Waals surface area (Å²) in [5.41, 5.74) is 2.79. The standard InChI is InChI=1S/C15H15NO/c17-15-10-3-4-11-16(15)14-9-5-7-12-6-1-2-8-13(12)14/h1-4,6,8,10-11,14H,5,7,9H2. The second-order valence-electron chi connectivity index (χ2n) is 4.55. The Balaban J connectivity index is 2.13. The van der Waals surface area contributed by atoms with Crippen molar-refractivity contribution in [3.8, 4) is 0 Å². The van der Waals surface area contributed by atoms with E-state index in [2.05, 4.69) is 24.3 Å². The first-order chi connectivity index (χ1) is 8.36. The number of fused-ring (bicyclic) bond motifs is 1. The van der Waals surface area contributed by atoms with Crippen LogP contribution in [-0.2, 0) is 6.42 Å². The molecule has 0 N–H and O–H groups in total. The molecule has 3 rings (SSSR count). The van der Waals surface area contributed by atoms with Crippen LogP contribution in [0, 0.1) is 0 Å². The normalized spacial score (nSPS) is 18.7. The molecule has 86 valence electrons. The first-order valence-electron chi connectivity index (χ1n) is 6.11. The molecule has 0 amide bonds. The van der Waals surface area contributed by atoms with E-state index in [-0.39, 0.29) is 11.6 Å². The molecular weight excluding hydrogens is 210 g/mol. The highest BCUT2D eigenvalue weighted by molar-refractivity contribution is 5.32. The van der Waals surface area contributed by atoms with Gasteiger partial charge in [-0.05, 0) is 36.5 Å². The van der Waals surface area contributed by atoms with Crippen molar-refractivity contribution in [3.63, 3.8) is 0 Å². The summed E-state index contributed by atoms with van der Waals surface area (Å²) in [5.74, 6) is 0. The number of benzene rings is 1. The van der Waals surface area contributed by atoms with Crippen molar-refractivity contribution in [3.05, 3.63) is 70.1 Å². The zero-order chi connectivity index (χ0) is 11.7. The van der Waals surface area contributed by atoms with Crippen molar-refractivity contribution >= 4 is 0 Å². The summed E-state index contributed by atoms with van der Waals surface area (Å²) in [6, 6.07) is 14.0. The highest BCUT2D eigenvalue weighted by atomic mass is 16.1. The molecule has 1 aromatic carbocycles. The zero-order valence-electron chi connectivity index (χ0n) is 9.67. The highest BCUT2D eigenvalue weighted by Crippen LogP contribution is 2.31. The Morgan fingerprint density at radius 2 is 1.88 bits per heavy atom. The van der Waals surface area contributed by atoms with Gasteiger partial charge in [-0.15, -0.1) is 0 Å². The Hall–Kier alpha value is -1.83. The van der Waals surface area contributed by atoms with Crippen molar-refractivity contribution < 1.29 is 0 Å². The molecule has 0 aliphatic heterocycles. The van der Waals surface area contributed by atoms with E-state index in [4.69, 9.17) is 0 Å². The average molecular weight is 225 g/mol. The molecule has 1 atom stereocenters. The molecule has 0 spiro atoms. The molecule has 1 aromatic heterocycles. The van der Waals surface area contributed by atoms with Crippen LogP contribution >= 0.6 is 0 Å². The molecule has 2 heteroatoms. The lowest BCUT2D eigenvalue weighted by Gasteiger charge is -2.27. The first kappa shape index (κ1) is 10.3. The molecule has 0 radical (unpaired) electrons. The number of hydrogen-bond acceptors (Lipinski definition) is 1. The maximum Gasteiger partial charge on any atom is 0.251 e. The second-order valence-corrected chi connectivity index (χ2v) is 4.55. The van der Waals surface area contributed by atoms with E-state index >= 15 is 0 Å². The topological polar surface area (TPSA) is 22.0 Å². The largest absolute Gasteiger partial charge is 0.308 e. The predicted molar refractivity (Wildman–Crippen MR) is 68.2 cm³/mol. The lowest BCUT2D eigenvalue weighted by Crippen LogP contribution is -2.26. The summed E-state index contributed by atoms with van der Waals surface area (Å²) < 4.78 is 1.86. The Bertz CT molecular complexity index is 585. The molecule has 0 bridgehead atoms. The number of aromatic nitrogens is 1. The zero-order valence-corrected chi connectivity index (χ0v) is 9.67. The fourth-order valence-corrected chi connectivity index (χ4v) is 2.71. The molecule has 1 unspecified atom stereocenters. The summed E-state index contributed by atoms with van der Waals surface area (Å²) >= 11 is 0. The summed E-state index contributed by atoms with van der Waals surface area (Å²) in [4.78, 5) is 11.9. The van der Waals surface area contributed by atoms with E-state index in [1.807, 2.05) is 16.8 Å². The van der Waals surface area contributed by atoms with Gasteiger partial charge >= 0.3 is 0 Å². The van der Waals surface area contributed by atoms with Crippen LogP contribution < -0.4 is 5.56 Å². The molecule has 0 fully saturated rings. The van der Waals surface area contributed by atoms with Gasteiger partial charge in [-0.2, -0.15) is 0 Å². The third kappa shape index (κ3) is 1.80. The Labute approximate surface area is 101 Å². The van der Waals surface area contributed by atoms with Crippen molar-refractivity contribution in [2.45, 2.75) is 25.3 Å². The lowest BCUT2D eigenvalue weighted by molar-refractivity contribution is 0.478. The predicted octanol–water partition coefficient (Wildman–Crippen LogP) is 2.77. The molecule has 1 aliphatic rings. The Morgan fingerprint density at radius 1 is 1.06 bits per heavy atom. The summed E-state index contributed by atoms with van der Waals surface area (Å²) in [5, 5.41) is 0. The number of hydrogen-bond donors (Lipinski definition) is 0. The van der Waals surface area contributed by atoms with E-state index in [1.165, 1.54) is 11.1 Å². The van der Waals surface area contributed by atoms with Crippen LogP contribution in [0.2, 0.25) is 0 Å². The van der Waals surface area contributed by atoms with Crippen LogP contribution in [0.25, 0.3) is 0 Å². The van der Waals surface area contributed by atoms with E-state index in [0.717, 1.165) is 19.3 Å². The van der Waals surface area contributed by atoms with Gasteiger partial charge in [0.25, 0.3) is 5.56 Å². The maximum absolute atomic E-state index is 11.9. The molecule has 1 heterocycles. The second kappa shape index (κ2) is 4.21. The third-order valence-electron chi connectivity index (χ3n) is 3.52. The molecule has 0 saturated heterocycles. The van der Waals surface area contributed by atoms with Gasteiger partial charge in [-0.3, -0.25) is 4.79 Å². The minimum absolute atomic E-state index is 0.0919. The quantitative estimate of drug-likeness (QED) is 0.731. The van der Waals surface area contributed by atoms with Gasteiger partial charge < -0.3 is 4.57 Å². The van der Waals surface area contributed by atoms with E-state index in [1.54, 1.807) is 12.1 Å². The molecule has 17 heavy (non-hydrogen) atoms. The monoisotopic (exact) mass is 225 g/mol. The number of rotatable bonds is 1.